The summed E-state index contributed by atoms with van der Waals surface area (Å²) in [7, 11) is -6.59. The van der Waals surface area contributed by atoms with Crippen LogP contribution >= 0.6 is 8.25 Å². The Morgan fingerprint density at radius 2 is 1.61 bits per heavy atom. The number of aliphatic imine (C=N–C) groups is 1. The highest BCUT2D eigenvalue weighted by Gasteiger charge is 2.57. The van der Waals surface area contributed by atoms with E-state index in [-0.39, 0.29) is 12.4 Å². The quantitative estimate of drug-likeness (QED) is 0.124. The highest BCUT2D eigenvalue weighted by molar-refractivity contribution is 7.30. The predicted molar refractivity (Wildman–Crippen MR) is 215 cm³/mol. The van der Waals surface area contributed by atoms with Crippen LogP contribution in [0.25, 0.3) is 0 Å². The highest BCUT2D eigenvalue weighted by Crippen LogP contribution is 2.43. The number of aliphatic hydroxyl groups is 1. The van der Waals surface area contributed by atoms with Crippen LogP contribution in [-0.2, 0) is 18.3 Å². The monoisotopic (exact) mass is 800 g/mol. The van der Waals surface area contributed by atoms with E-state index in [4.69, 9.17) is 13.7 Å². The smallest absolute Gasteiger partial charge is 0.491 e. The normalized spacial score (nSPS) is 22.8. The standard InChI is InChI=1S/C32H34N3O8PSi.C9H16N2/c1-31(2,3)45(24-15-9-5-10-16-24,25-17-11-6-12-18-25)41-22-26-32(38,43-44(39)40)21-28(42-26)35-20-19-27(34-30(35)37)33-29(36)23-13-7-4-8-14-23;1-2-5-9-10-6-4-8-11(9)7-3-1/h4-20,26,28,38H,21-22H2,1-3H3,(H,33,34,36,37);1-8H2/p+1/t26-,28-,32-;/m1./s1. The summed E-state index contributed by atoms with van der Waals surface area (Å²) in [5.74, 6) is -1.28. The molecule has 0 radical (unpaired) electrons. The predicted octanol–water partition coefficient (Wildman–Crippen LogP) is 3.33. The second-order valence-electron chi connectivity index (χ2n) is 15.3. The molecule has 2 saturated heterocycles. The van der Waals surface area contributed by atoms with Gasteiger partial charge in [-0.1, -0.05) is 99.6 Å². The first kappa shape index (κ1) is 41.4. The van der Waals surface area contributed by atoms with Gasteiger partial charge in [0, 0.05) is 31.1 Å². The Kier molecular flexibility index (Phi) is 13.6. The summed E-state index contributed by atoms with van der Waals surface area (Å²) in [6.45, 7) is 9.79. The van der Waals surface area contributed by atoms with Gasteiger partial charge in [-0.05, 0) is 57.4 Å². The number of amides is 1. The van der Waals surface area contributed by atoms with Gasteiger partial charge in [0.05, 0.1) is 26.1 Å². The van der Waals surface area contributed by atoms with Crippen molar-refractivity contribution >= 4 is 44.5 Å². The fourth-order valence-electron chi connectivity index (χ4n) is 7.82. The number of anilines is 1. The van der Waals surface area contributed by atoms with Crippen molar-refractivity contribution in [2.75, 3.05) is 31.6 Å². The number of nitrogens with one attached hydrogen (secondary N) is 2. The molecule has 13 nitrogen and oxygen atoms in total. The van der Waals surface area contributed by atoms with Crippen molar-refractivity contribution in [3.63, 3.8) is 0 Å². The second kappa shape index (κ2) is 18.3. The van der Waals surface area contributed by atoms with E-state index in [0.717, 1.165) is 21.5 Å². The van der Waals surface area contributed by atoms with E-state index in [0.29, 0.717) is 5.56 Å². The Bertz CT molecular complexity index is 1990. The SMILES string of the molecule is C1CCC2=NCCC[NH+]2CC1.CC(C)(C)[Si](OC[C@H]1O[C@@H](n2ccc(NC(=O)c3ccccc3)nc2=O)C[C@@]1(O)O[P+](=O)[O-])(c1ccccc1)c1ccccc1. The lowest BCUT2D eigenvalue weighted by Gasteiger charge is -2.43. The minimum absolute atomic E-state index is 0.0174. The largest absolute Gasteiger partial charge is 0.566 e. The molecule has 0 bridgehead atoms. The molecule has 2 fully saturated rings. The summed E-state index contributed by atoms with van der Waals surface area (Å²) in [5, 5.41) is 15.6. The number of carbonyl (C=O) groups is 1. The zero-order chi connectivity index (χ0) is 39.8. The molecule has 1 aromatic heterocycles. The van der Waals surface area contributed by atoms with Crippen molar-refractivity contribution in [1.82, 2.24) is 9.55 Å². The van der Waals surface area contributed by atoms with Gasteiger partial charge in [-0.3, -0.25) is 14.3 Å². The van der Waals surface area contributed by atoms with Crippen LogP contribution in [0.2, 0.25) is 5.04 Å². The van der Waals surface area contributed by atoms with Crippen LogP contribution in [-0.4, -0.2) is 72.9 Å². The molecule has 56 heavy (non-hydrogen) atoms. The molecule has 15 heteroatoms. The minimum atomic E-state index is -3.49. The maximum atomic E-state index is 13.1. The molecule has 3 aliphatic heterocycles. The van der Waals surface area contributed by atoms with Crippen molar-refractivity contribution in [3.05, 3.63) is 119 Å². The number of nitrogens with zero attached hydrogens (tertiary/aromatic N) is 3. The van der Waals surface area contributed by atoms with E-state index in [1.54, 1.807) is 35.2 Å². The molecule has 0 saturated carbocycles. The summed E-state index contributed by atoms with van der Waals surface area (Å²) in [6.07, 6.45) is 5.30. The molecular weight excluding hydrogens is 750 g/mol. The molecule has 1 amide bonds. The number of fused-ring (bicyclic) bond motifs is 1. The number of rotatable bonds is 10. The third-order valence-corrected chi connectivity index (χ3v) is 16.0. The van der Waals surface area contributed by atoms with Crippen molar-refractivity contribution < 1.29 is 37.9 Å². The number of ether oxygens (including phenoxy) is 1. The van der Waals surface area contributed by atoms with Gasteiger partial charge in [-0.25, -0.2) is 9.79 Å². The summed E-state index contributed by atoms with van der Waals surface area (Å²) in [5.41, 5.74) is -0.395. The van der Waals surface area contributed by atoms with Gasteiger partial charge in [-0.2, -0.15) is 4.98 Å². The van der Waals surface area contributed by atoms with Crippen molar-refractivity contribution in [1.29, 1.82) is 0 Å². The Labute approximate surface area is 329 Å². The molecule has 0 spiro atoms. The third kappa shape index (κ3) is 9.64. The Morgan fingerprint density at radius 3 is 2.21 bits per heavy atom. The van der Waals surface area contributed by atoms with E-state index in [1.807, 2.05) is 60.7 Å². The van der Waals surface area contributed by atoms with Crippen LogP contribution in [0.5, 0.6) is 0 Å². The zero-order valence-corrected chi connectivity index (χ0v) is 34.0. The molecule has 3 aromatic carbocycles. The molecule has 7 rings (SSSR count). The van der Waals surface area contributed by atoms with Crippen LogP contribution < -0.4 is 31.2 Å². The molecule has 2 unspecified atom stereocenters. The van der Waals surface area contributed by atoms with Crippen LogP contribution in [0, 0.1) is 0 Å². The Hall–Kier alpha value is -4.24. The molecule has 3 N–H and O–H groups in total. The number of quaternary nitrogens is 1. The van der Waals surface area contributed by atoms with Crippen LogP contribution in [0.3, 0.4) is 0 Å². The van der Waals surface area contributed by atoms with Gasteiger partial charge in [0.2, 0.25) is 0 Å². The van der Waals surface area contributed by atoms with E-state index in [2.05, 4.69) is 36.1 Å². The summed E-state index contributed by atoms with van der Waals surface area (Å²) < 4.78 is 30.8. The second-order valence-corrected chi connectivity index (χ2v) is 20.3. The van der Waals surface area contributed by atoms with Crippen molar-refractivity contribution in [2.24, 2.45) is 4.99 Å². The van der Waals surface area contributed by atoms with Gasteiger partial charge in [0.1, 0.15) is 18.1 Å². The summed E-state index contributed by atoms with van der Waals surface area (Å²) >= 11 is 0. The fourth-order valence-corrected chi connectivity index (χ4v) is 12.8. The maximum absolute atomic E-state index is 13.1. The molecule has 4 heterocycles. The maximum Gasteiger partial charge on any atom is 0.491 e. The van der Waals surface area contributed by atoms with Gasteiger partial charge in [0.15, 0.2) is 5.84 Å². The summed E-state index contributed by atoms with van der Waals surface area (Å²) in [6, 6.07) is 29.5. The lowest BCUT2D eigenvalue weighted by Crippen LogP contribution is -3.15. The van der Waals surface area contributed by atoms with Gasteiger partial charge in [-0.15, -0.1) is 4.52 Å². The summed E-state index contributed by atoms with van der Waals surface area (Å²) in [4.78, 5) is 47.5. The molecule has 3 aliphatic rings. The van der Waals surface area contributed by atoms with Gasteiger partial charge >= 0.3 is 13.9 Å². The topological polar surface area (TPSA) is 169 Å². The van der Waals surface area contributed by atoms with E-state index < -0.39 is 57.7 Å². The molecule has 5 atom stereocenters. The average Bonchev–Trinajstić information content (AvgIpc) is 3.33. The number of hydrogen-bond donors (Lipinski definition) is 3. The Balaban J connectivity index is 0.000000411. The first-order valence-corrected chi connectivity index (χ1v) is 22.2. The lowest BCUT2D eigenvalue weighted by atomic mass is 10.1. The highest BCUT2D eigenvalue weighted by atomic mass is 31.1. The van der Waals surface area contributed by atoms with E-state index >= 15 is 0 Å². The van der Waals surface area contributed by atoms with Crippen LogP contribution in [0.1, 0.15) is 75.9 Å². The van der Waals surface area contributed by atoms with E-state index in [1.165, 1.54) is 63.3 Å². The Morgan fingerprint density at radius 1 is 0.982 bits per heavy atom. The fraction of sp³-hybridized carbons (Fsp3) is 0.415. The van der Waals surface area contributed by atoms with Gasteiger partial charge < -0.3 is 24.5 Å². The zero-order valence-electron chi connectivity index (χ0n) is 32.1. The van der Waals surface area contributed by atoms with Crippen LogP contribution in [0.4, 0.5) is 5.82 Å². The number of aromatic nitrogens is 2. The van der Waals surface area contributed by atoms with Gasteiger partial charge in [0.25, 0.3) is 20.0 Å². The van der Waals surface area contributed by atoms with E-state index in [9.17, 15) is 24.2 Å². The molecule has 296 valence electrons. The first-order chi connectivity index (χ1) is 26.9. The average molecular weight is 801 g/mol. The number of amidine groups is 1. The molecule has 0 aliphatic carbocycles. The van der Waals surface area contributed by atoms with Crippen molar-refractivity contribution in [3.8, 4) is 0 Å². The molecule has 4 aromatic rings. The number of hydrogen-bond acceptors (Lipinski definition) is 10. The van der Waals surface area contributed by atoms with Crippen molar-refractivity contribution in [2.45, 2.75) is 82.5 Å². The third-order valence-electron chi connectivity index (χ3n) is 10.5. The number of carbonyl (C=O) groups excluding carboxylic acids is 1. The number of benzene rings is 3. The molecular formula is C41H51N5O8PSi+. The first-order valence-electron chi connectivity index (χ1n) is 19.2. The van der Waals surface area contributed by atoms with Crippen LogP contribution in [0.15, 0.2) is 113 Å². The lowest BCUT2D eigenvalue weighted by molar-refractivity contribution is -0.809. The minimum Gasteiger partial charge on any atom is -0.566 e.